The zero-order valence-electron chi connectivity index (χ0n) is 25.0. The Bertz CT molecular complexity index is 1790. The Morgan fingerprint density at radius 1 is 0.976 bits per heavy atom. The molecule has 8 heteroatoms. The van der Waals surface area contributed by atoms with Gasteiger partial charge in [-0.2, -0.15) is 5.10 Å². The van der Waals surface area contributed by atoms with Crippen LogP contribution in [-0.2, 0) is 11.8 Å². The summed E-state index contributed by atoms with van der Waals surface area (Å²) < 4.78 is 1.89. The van der Waals surface area contributed by atoms with E-state index in [1.807, 2.05) is 36.3 Å². The number of aromatic amines is 1. The average Bonchev–Trinajstić information content (AvgIpc) is 3.57. The first-order chi connectivity index (χ1) is 20.3. The van der Waals surface area contributed by atoms with Gasteiger partial charge in [0.15, 0.2) is 0 Å². The molecular formula is C34H37N7O. The molecule has 8 nitrogen and oxygen atoms in total. The summed E-state index contributed by atoms with van der Waals surface area (Å²) in [5, 5.41) is 5.54. The monoisotopic (exact) mass is 559 g/mol. The topological polar surface area (TPSA) is 73.3 Å². The van der Waals surface area contributed by atoms with Gasteiger partial charge in [0.2, 0.25) is 5.91 Å². The SMILES string of the molecule is C=CC(=O)N(C)c1cccc(-c2c(-c3ccc(N4CCN(C)CC4)cc3)[nH]c3ncc(-c4cnn(C)c4C)c(C)c23)c1. The van der Waals surface area contributed by atoms with Gasteiger partial charge >= 0.3 is 0 Å². The molecule has 1 saturated heterocycles. The molecule has 0 atom stereocenters. The third-order valence-electron chi connectivity index (χ3n) is 8.66. The molecule has 214 valence electrons. The molecule has 2 aromatic carbocycles. The number of amides is 1. The van der Waals surface area contributed by atoms with Gasteiger partial charge in [-0.15, -0.1) is 0 Å². The summed E-state index contributed by atoms with van der Waals surface area (Å²) in [6.07, 6.45) is 5.18. The molecule has 5 aromatic rings. The molecule has 3 aromatic heterocycles. The highest BCUT2D eigenvalue weighted by atomic mass is 16.2. The number of nitrogens with zero attached hydrogens (tertiary/aromatic N) is 6. The second-order valence-electron chi connectivity index (χ2n) is 11.2. The zero-order valence-corrected chi connectivity index (χ0v) is 25.0. The predicted octanol–water partition coefficient (Wildman–Crippen LogP) is 5.81. The number of aromatic nitrogens is 4. The van der Waals surface area contributed by atoms with E-state index < -0.39 is 0 Å². The summed E-state index contributed by atoms with van der Waals surface area (Å²) in [4.78, 5) is 27.5. The average molecular weight is 560 g/mol. The second kappa shape index (κ2) is 10.9. The Labute approximate surface area is 246 Å². The first kappa shape index (κ1) is 27.5. The highest BCUT2D eigenvalue weighted by molar-refractivity contribution is 6.07. The molecular weight excluding hydrogens is 522 g/mol. The number of hydrogen-bond acceptors (Lipinski definition) is 5. The molecule has 4 heterocycles. The lowest BCUT2D eigenvalue weighted by Crippen LogP contribution is -2.44. The number of benzene rings is 2. The number of hydrogen-bond donors (Lipinski definition) is 1. The molecule has 1 aliphatic rings. The molecule has 1 aliphatic heterocycles. The van der Waals surface area contributed by atoms with E-state index in [0.717, 1.165) is 87.7 Å². The molecule has 0 bridgehead atoms. The van der Waals surface area contributed by atoms with E-state index in [2.05, 4.69) is 83.8 Å². The molecule has 6 rings (SSSR count). The molecule has 0 spiro atoms. The first-order valence-electron chi connectivity index (χ1n) is 14.3. The van der Waals surface area contributed by atoms with Crippen LogP contribution >= 0.6 is 0 Å². The number of piperazine rings is 1. The summed E-state index contributed by atoms with van der Waals surface area (Å²) in [7, 11) is 5.90. The van der Waals surface area contributed by atoms with Gasteiger partial charge in [0.25, 0.3) is 0 Å². The van der Waals surface area contributed by atoms with Crippen LogP contribution in [0.4, 0.5) is 11.4 Å². The molecule has 0 aliphatic carbocycles. The van der Waals surface area contributed by atoms with E-state index in [1.54, 1.807) is 11.9 Å². The Hall–Kier alpha value is -4.69. The number of H-pyrrole nitrogens is 1. The normalized spacial score (nSPS) is 14.0. The minimum atomic E-state index is -0.155. The van der Waals surface area contributed by atoms with Gasteiger partial charge in [-0.3, -0.25) is 9.48 Å². The van der Waals surface area contributed by atoms with Crippen molar-refractivity contribution in [2.45, 2.75) is 13.8 Å². The van der Waals surface area contributed by atoms with Crippen LogP contribution < -0.4 is 9.80 Å². The van der Waals surface area contributed by atoms with Crippen molar-refractivity contribution in [3.05, 3.63) is 84.8 Å². The number of nitrogens with one attached hydrogen (secondary N) is 1. The van der Waals surface area contributed by atoms with E-state index >= 15 is 0 Å². The molecule has 0 radical (unpaired) electrons. The maximum Gasteiger partial charge on any atom is 0.250 e. The summed E-state index contributed by atoms with van der Waals surface area (Å²) >= 11 is 0. The summed E-state index contributed by atoms with van der Waals surface area (Å²) in [5.41, 5.74) is 11.4. The molecule has 1 amide bonds. The van der Waals surface area contributed by atoms with E-state index in [9.17, 15) is 4.79 Å². The predicted molar refractivity (Wildman–Crippen MR) is 172 cm³/mol. The Kier molecular flexibility index (Phi) is 7.16. The highest BCUT2D eigenvalue weighted by Gasteiger charge is 2.22. The van der Waals surface area contributed by atoms with Gasteiger partial charge in [-0.05, 0) is 67.9 Å². The first-order valence-corrected chi connectivity index (χ1v) is 14.3. The third-order valence-corrected chi connectivity index (χ3v) is 8.66. The minimum absolute atomic E-state index is 0.155. The maximum absolute atomic E-state index is 12.5. The number of rotatable bonds is 6. The summed E-state index contributed by atoms with van der Waals surface area (Å²) in [5.74, 6) is -0.155. The molecule has 1 fully saturated rings. The smallest absolute Gasteiger partial charge is 0.250 e. The fraction of sp³-hybridized carbons (Fsp3) is 0.265. The second-order valence-corrected chi connectivity index (χ2v) is 11.2. The van der Waals surface area contributed by atoms with Crippen molar-refractivity contribution in [1.82, 2.24) is 24.6 Å². The van der Waals surface area contributed by atoms with Crippen LogP contribution in [-0.4, -0.2) is 70.8 Å². The lowest BCUT2D eigenvalue weighted by molar-refractivity contribution is -0.113. The van der Waals surface area contributed by atoms with E-state index in [-0.39, 0.29) is 5.91 Å². The van der Waals surface area contributed by atoms with Crippen LogP contribution in [0.25, 0.3) is 44.5 Å². The number of aryl methyl sites for hydroxylation is 2. The van der Waals surface area contributed by atoms with Crippen molar-refractivity contribution < 1.29 is 4.79 Å². The minimum Gasteiger partial charge on any atom is -0.369 e. The van der Waals surface area contributed by atoms with Crippen molar-refractivity contribution in [3.63, 3.8) is 0 Å². The van der Waals surface area contributed by atoms with Crippen LogP contribution in [0.5, 0.6) is 0 Å². The van der Waals surface area contributed by atoms with Crippen LogP contribution in [0.3, 0.4) is 0 Å². The van der Waals surface area contributed by atoms with Crippen molar-refractivity contribution in [2.24, 2.45) is 7.05 Å². The number of fused-ring (bicyclic) bond motifs is 1. The van der Waals surface area contributed by atoms with Crippen molar-refractivity contribution in [2.75, 3.05) is 50.1 Å². The van der Waals surface area contributed by atoms with Gasteiger partial charge < -0.3 is 19.7 Å². The lowest BCUT2D eigenvalue weighted by Gasteiger charge is -2.34. The van der Waals surface area contributed by atoms with Gasteiger partial charge in [-0.25, -0.2) is 4.98 Å². The fourth-order valence-electron chi connectivity index (χ4n) is 5.89. The number of anilines is 2. The maximum atomic E-state index is 12.5. The molecule has 0 unspecified atom stereocenters. The Balaban J connectivity index is 1.53. The van der Waals surface area contributed by atoms with E-state index in [0.29, 0.717) is 0 Å². The fourth-order valence-corrected chi connectivity index (χ4v) is 5.89. The molecule has 0 saturated carbocycles. The van der Waals surface area contributed by atoms with E-state index in [1.165, 1.54) is 11.8 Å². The molecule has 1 N–H and O–H groups in total. The Morgan fingerprint density at radius 3 is 2.38 bits per heavy atom. The Morgan fingerprint density at radius 2 is 1.71 bits per heavy atom. The van der Waals surface area contributed by atoms with Gasteiger partial charge in [0.05, 0.1) is 11.9 Å². The van der Waals surface area contributed by atoms with Crippen molar-refractivity contribution in [3.8, 4) is 33.5 Å². The zero-order chi connectivity index (χ0) is 29.5. The highest BCUT2D eigenvalue weighted by Crippen LogP contribution is 2.43. The number of carbonyl (C=O) groups excluding carboxylic acids is 1. The number of pyridine rings is 1. The van der Waals surface area contributed by atoms with Crippen molar-refractivity contribution in [1.29, 1.82) is 0 Å². The van der Waals surface area contributed by atoms with E-state index in [4.69, 9.17) is 4.98 Å². The summed E-state index contributed by atoms with van der Waals surface area (Å²) in [6.45, 7) is 12.1. The van der Waals surface area contributed by atoms with Crippen LogP contribution in [0.1, 0.15) is 11.3 Å². The van der Waals surface area contributed by atoms with Gasteiger partial charge in [-0.1, -0.05) is 30.8 Å². The number of carbonyl (C=O) groups is 1. The quantitative estimate of drug-likeness (QED) is 0.266. The standard InChI is InChI=1S/C34H37N7O/c1-7-30(42)39(5)27-10-8-9-25(19-27)32-31-22(2)28(29-21-36-40(6)23(29)3)20-35-34(31)37-33(32)24-11-13-26(14-12-24)41-17-15-38(4)16-18-41/h7-14,19-21H,1,15-18H2,2-6H3,(H,35,37). The third kappa shape index (κ3) is 4.77. The lowest BCUT2D eigenvalue weighted by atomic mass is 9.93. The largest absolute Gasteiger partial charge is 0.369 e. The summed E-state index contributed by atoms with van der Waals surface area (Å²) in [6, 6.07) is 16.9. The van der Waals surface area contributed by atoms with Crippen LogP contribution in [0.15, 0.2) is 73.6 Å². The van der Waals surface area contributed by atoms with Crippen molar-refractivity contribution >= 4 is 28.3 Å². The van der Waals surface area contributed by atoms with Gasteiger partial charge in [0, 0.05) is 85.6 Å². The number of likely N-dealkylation sites (N-methyl/N-ethyl adjacent to an activating group) is 2. The molecule has 42 heavy (non-hydrogen) atoms. The van der Waals surface area contributed by atoms with Gasteiger partial charge in [0.1, 0.15) is 5.65 Å². The van der Waals surface area contributed by atoms with Crippen LogP contribution in [0, 0.1) is 13.8 Å². The van der Waals surface area contributed by atoms with Crippen LogP contribution in [0.2, 0.25) is 0 Å².